The standard InChI is InChI=1S/C21H32O4/c1-4-7-11-17(6-3)16-24-20(22)14-15-21(23)25-19-13-9-8-12-18(19)10-5-2/h8-9,12-13,17H,4-7,10-11,14-16H2,1-3H3. The highest BCUT2D eigenvalue weighted by Gasteiger charge is 2.14. The van der Waals surface area contributed by atoms with E-state index in [9.17, 15) is 9.59 Å². The molecule has 1 rings (SSSR count). The molecule has 0 aromatic heterocycles. The third-order valence-electron chi connectivity index (χ3n) is 4.27. The zero-order chi connectivity index (χ0) is 18.5. The molecule has 25 heavy (non-hydrogen) atoms. The van der Waals surface area contributed by atoms with Crippen molar-refractivity contribution >= 4 is 11.9 Å². The minimum Gasteiger partial charge on any atom is -0.465 e. The van der Waals surface area contributed by atoms with Crippen LogP contribution in [-0.2, 0) is 20.7 Å². The van der Waals surface area contributed by atoms with Crippen LogP contribution in [0.2, 0.25) is 0 Å². The summed E-state index contributed by atoms with van der Waals surface area (Å²) in [5.41, 5.74) is 1.02. The van der Waals surface area contributed by atoms with E-state index in [-0.39, 0.29) is 18.8 Å². The van der Waals surface area contributed by atoms with Gasteiger partial charge in [-0.2, -0.15) is 0 Å². The van der Waals surface area contributed by atoms with E-state index in [4.69, 9.17) is 9.47 Å². The van der Waals surface area contributed by atoms with Crippen LogP contribution in [0.5, 0.6) is 5.75 Å². The maximum absolute atomic E-state index is 12.0. The summed E-state index contributed by atoms with van der Waals surface area (Å²) in [5.74, 6) is 0.289. The SMILES string of the molecule is CCCCC(CC)COC(=O)CCC(=O)Oc1ccccc1CCC. The lowest BCUT2D eigenvalue weighted by molar-refractivity contribution is -0.148. The monoisotopic (exact) mass is 348 g/mol. The maximum Gasteiger partial charge on any atom is 0.311 e. The Balaban J connectivity index is 2.35. The number of ether oxygens (including phenoxy) is 2. The summed E-state index contributed by atoms with van der Waals surface area (Å²) in [6.45, 7) is 6.80. The molecular formula is C21H32O4. The molecule has 0 spiro atoms. The molecular weight excluding hydrogens is 316 g/mol. The number of carbonyl (C=O) groups excluding carboxylic acids is 2. The molecule has 4 nitrogen and oxygen atoms in total. The van der Waals surface area contributed by atoms with E-state index in [1.807, 2.05) is 18.2 Å². The van der Waals surface area contributed by atoms with Gasteiger partial charge >= 0.3 is 11.9 Å². The van der Waals surface area contributed by atoms with Gasteiger partial charge in [-0.15, -0.1) is 0 Å². The molecule has 1 unspecified atom stereocenters. The van der Waals surface area contributed by atoms with Crippen molar-refractivity contribution < 1.29 is 19.1 Å². The summed E-state index contributed by atoms with van der Waals surface area (Å²) in [6, 6.07) is 7.53. The largest absolute Gasteiger partial charge is 0.465 e. The molecule has 0 radical (unpaired) electrons. The van der Waals surface area contributed by atoms with E-state index in [0.717, 1.165) is 44.1 Å². The highest BCUT2D eigenvalue weighted by atomic mass is 16.5. The predicted molar refractivity (Wildman–Crippen MR) is 99.6 cm³/mol. The van der Waals surface area contributed by atoms with Gasteiger partial charge in [0.05, 0.1) is 19.4 Å². The molecule has 0 aliphatic rings. The van der Waals surface area contributed by atoms with Gasteiger partial charge in [-0.1, -0.05) is 64.7 Å². The number of aryl methyl sites for hydroxylation is 1. The first-order valence-electron chi connectivity index (χ1n) is 9.54. The molecule has 1 atom stereocenters. The quantitative estimate of drug-likeness (QED) is 0.390. The second kappa shape index (κ2) is 12.5. The minimum atomic E-state index is -0.390. The molecule has 0 aliphatic heterocycles. The molecule has 0 bridgehead atoms. The van der Waals surface area contributed by atoms with Crippen LogP contribution in [0.1, 0.15) is 71.3 Å². The zero-order valence-corrected chi connectivity index (χ0v) is 15.9. The van der Waals surface area contributed by atoms with Crippen LogP contribution in [0, 0.1) is 5.92 Å². The molecule has 1 aromatic carbocycles. The summed E-state index contributed by atoms with van der Waals surface area (Å²) in [6.07, 6.45) is 6.35. The van der Waals surface area contributed by atoms with Gasteiger partial charge in [0.1, 0.15) is 5.75 Å². The number of unbranched alkanes of at least 4 members (excludes halogenated alkanes) is 1. The number of para-hydroxylation sites is 1. The van der Waals surface area contributed by atoms with Crippen LogP contribution in [-0.4, -0.2) is 18.5 Å². The summed E-state index contributed by atoms with van der Waals surface area (Å²) in [4.78, 5) is 23.8. The Labute approximate surface area is 151 Å². The van der Waals surface area contributed by atoms with Gasteiger partial charge < -0.3 is 9.47 Å². The van der Waals surface area contributed by atoms with Crippen molar-refractivity contribution in [3.63, 3.8) is 0 Å². The summed E-state index contributed by atoms with van der Waals surface area (Å²) >= 11 is 0. The van der Waals surface area contributed by atoms with Crippen molar-refractivity contribution in [3.8, 4) is 5.75 Å². The van der Waals surface area contributed by atoms with Crippen LogP contribution in [0.15, 0.2) is 24.3 Å². The highest BCUT2D eigenvalue weighted by molar-refractivity contribution is 5.79. The second-order valence-corrected chi connectivity index (χ2v) is 6.43. The van der Waals surface area contributed by atoms with Crippen LogP contribution < -0.4 is 4.74 Å². The van der Waals surface area contributed by atoms with Crippen molar-refractivity contribution in [2.45, 2.75) is 72.1 Å². The first-order chi connectivity index (χ1) is 12.1. The molecule has 4 heteroatoms. The van der Waals surface area contributed by atoms with Crippen molar-refractivity contribution in [3.05, 3.63) is 29.8 Å². The molecule has 0 N–H and O–H groups in total. The van der Waals surface area contributed by atoms with Gasteiger partial charge in [0.15, 0.2) is 0 Å². The van der Waals surface area contributed by atoms with Crippen LogP contribution in [0.25, 0.3) is 0 Å². The van der Waals surface area contributed by atoms with Crippen molar-refractivity contribution in [1.82, 2.24) is 0 Å². The van der Waals surface area contributed by atoms with E-state index in [0.29, 0.717) is 18.3 Å². The predicted octanol–water partition coefficient (Wildman–Crippen LogP) is 5.08. The molecule has 0 heterocycles. The molecule has 140 valence electrons. The van der Waals surface area contributed by atoms with Crippen LogP contribution >= 0.6 is 0 Å². The van der Waals surface area contributed by atoms with E-state index in [1.54, 1.807) is 6.07 Å². The highest BCUT2D eigenvalue weighted by Crippen LogP contribution is 2.20. The van der Waals surface area contributed by atoms with Gasteiger partial charge in [-0.05, 0) is 30.4 Å². The summed E-state index contributed by atoms with van der Waals surface area (Å²) in [7, 11) is 0. The topological polar surface area (TPSA) is 52.6 Å². The number of benzene rings is 1. The van der Waals surface area contributed by atoms with Crippen molar-refractivity contribution in [2.75, 3.05) is 6.61 Å². The van der Waals surface area contributed by atoms with Gasteiger partial charge in [-0.25, -0.2) is 0 Å². The number of hydrogen-bond acceptors (Lipinski definition) is 4. The molecule has 1 aromatic rings. The fourth-order valence-electron chi connectivity index (χ4n) is 2.64. The lowest BCUT2D eigenvalue weighted by Gasteiger charge is -2.14. The Kier molecular flexibility index (Phi) is 10.6. The van der Waals surface area contributed by atoms with E-state index in [1.165, 1.54) is 0 Å². The smallest absolute Gasteiger partial charge is 0.311 e. The Bertz CT molecular complexity index is 524. The third kappa shape index (κ3) is 8.71. The minimum absolute atomic E-state index is 0.0467. The van der Waals surface area contributed by atoms with E-state index in [2.05, 4.69) is 20.8 Å². The van der Waals surface area contributed by atoms with E-state index < -0.39 is 5.97 Å². The van der Waals surface area contributed by atoms with Crippen molar-refractivity contribution in [2.24, 2.45) is 5.92 Å². The first kappa shape index (κ1) is 21.2. The number of carbonyl (C=O) groups is 2. The lowest BCUT2D eigenvalue weighted by Crippen LogP contribution is -2.16. The molecule has 0 aliphatic carbocycles. The van der Waals surface area contributed by atoms with Crippen LogP contribution in [0.4, 0.5) is 0 Å². The maximum atomic E-state index is 12.0. The Hall–Kier alpha value is -1.84. The fraction of sp³-hybridized carbons (Fsp3) is 0.619. The Morgan fingerprint density at radius 2 is 1.72 bits per heavy atom. The molecule has 0 saturated carbocycles. The number of esters is 2. The lowest BCUT2D eigenvalue weighted by atomic mass is 10.0. The van der Waals surface area contributed by atoms with Crippen LogP contribution in [0.3, 0.4) is 0 Å². The Morgan fingerprint density at radius 3 is 2.40 bits per heavy atom. The summed E-state index contributed by atoms with van der Waals surface area (Å²) < 4.78 is 10.7. The fourth-order valence-corrected chi connectivity index (χ4v) is 2.64. The van der Waals surface area contributed by atoms with Gasteiger partial charge in [-0.3, -0.25) is 9.59 Å². The normalized spacial score (nSPS) is 11.8. The third-order valence-corrected chi connectivity index (χ3v) is 4.27. The molecule has 0 fully saturated rings. The number of rotatable bonds is 12. The molecule has 0 amide bonds. The van der Waals surface area contributed by atoms with Gasteiger partial charge in [0, 0.05) is 0 Å². The van der Waals surface area contributed by atoms with Gasteiger partial charge in [0.2, 0.25) is 0 Å². The average Bonchev–Trinajstić information content (AvgIpc) is 2.62. The number of hydrogen-bond donors (Lipinski definition) is 0. The second-order valence-electron chi connectivity index (χ2n) is 6.43. The van der Waals surface area contributed by atoms with Crippen molar-refractivity contribution in [1.29, 1.82) is 0 Å². The summed E-state index contributed by atoms with van der Waals surface area (Å²) in [5, 5.41) is 0. The first-order valence-corrected chi connectivity index (χ1v) is 9.54. The zero-order valence-electron chi connectivity index (χ0n) is 15.9. The van der Waals surface area contributed by atoms with Gasteiger partial charge in [0.25, 0.3) is 0 Å². The average molecular weight is 348 g/mol. The Morgan fingerprint density at radius 1 is 1.00 bits per heavy atom. The molecule has 0 saturated heterocycles. The van der Waals surface area contributed by atoms with E-state index >= 15 is 0 Å².